The molecule has 172 valence electrons. The smallest absolute Gasteiger partial charge is 0.193 e. The van der Waals surface area contributed by atoms with Gasteiger partial charge in [-0.3, -0.25) is 14.8 Å². The normalized spacial score (nSPS) is 30.0. The second kappa shape index (κ2) is 10.6. The zero-order valence-electron chi connectivity index (χ0n) is 19.4. The minimum absolute atomic E-state index is 0.301. The Labute approximate surface area is 183 Å². The molecular formula is C23H44N6O. The highest BCUT2D eigenvalue weighted by Crippen LogP contribution is 2.31. The summed E-state index contributed by atoms with van der Waals surface area (Å²) in [5.74, 6) is 1.87. The van der Waals surface area contributed by atoms with Crippen LogP contribution in [0.1, 0.15) is 38.5 Å². The van der Waals surface area contributed by atoms with Crippen molar-refractivity contribution in [3.63, 3.8) is 0 Å². The lowest BCUT2D eigenvalue weighted by atomic mass is 9.84. The number of piperidine rings is 2. The molecule has 30 heavy (non-hydrogen) atoms. The maximum atomic E-state index is 5.51. The SMILES string of the molecule is CN=C(NCC1(N2CCCCC2)CCN(C)CC1)N1CCC(CN2CCOCC2)C1. The number of nitrogens with one attached hydrogen (secondary N) is 1. The minimum atomic E-state index is 0.301. The van der Waals surface area contributed by atoms with E-state index in [2.05, 4.69) is 32.0 Å². The molecule has 4 aliphatic heterocycles. The van der Waals surface area contributed by atoms with Gasteiger partial charge in [0, 0.05) is 51.9 Å². The molecule has 0 spiro atoms. The van der Waals surface area contributed by atoms with Gasteiger partial charge >= 0.3 is 0 Å². The van der Waals surface area contributed by atoms with Crippen molar-refractivity contribution in [2.24, 2.45) is 10.9 Å². The molecule has 4 aliphatic rings. The van der Waals surface area contributed by atoms with Crippen LogP contribution in [0.3, 0.4) is 0 Å². The van der Waals surface area contributed by atoms with Gasteiger partial charge in [0.2, 0.25) is 0 Å². The van der Waals surface area contributed by atoms with Gasteiger partial charge in [0.1, 0.15) is 0 Å². The first-order chi connectivity index (χ1) is 14.7. The predicted molar refractivity (Wildman–Crippen MR) is 123 cm³/mol. The minimum Gasteiger partial charge on any atom is -0.379 e. The van der Waals surface area contributed by atoms with E-state index in [0.29, 0.717) is 5.54 Å². The van der Waals surface area contributed by atoms with Crippen LogP contribution < -0.4 is 5.32 Å². The quantitative estimate of drug-likeness (QED) is 0.532. The molecule has 0 amide bonds. The van der Waals surface area contributed by atoms with Crippen molar-refractivity contribution in [2.75, 3.05) is 92.8 Å². The summed E-state index contributed by atoms with van der Waals surface area (Å²) in [6.07, 6.45) is 7.95. The summed E-state index contributed by atoms with van der Waals surface area (Å²) in [5.41, 5.74) is 0.301. The van der Waals surface area contributed by atoms with Crippen molar-refractivity contribution in [3.05, 3.63) is 0 Å². The lowest BCUT2D eigenvalue weighted by Crippen LogP contribution is -2.62. The monoisotopic (exact) mass is 420 g/mol. The van der Waals surface area contributed by atoms with E-state index in [1.165, 1.54) is 71.2 Å². The van der Waals surface area contributed by atoms with Crippen LogP contribution in [0.25, 0.3) is 0 Å². The molecule has 0 aromatic heterocycles. The maximum absolute atomic E-state index is 5.51. The van der Waals surface area contributed by atoms with Crippen LogP contribution in [0.15, 0.2) is 4.99 Å². The summed E-state index contributed by atoms with van der Waals surface area (Å²) < 4.78 is 5.51. The standard InChI is InChI=1S/C23H44N6O/c1-24-22(28-11-6-21(19-28)18-27-14-16-30-17-15-27)25-20-23(7-12-26(2)13-8-23)29-9-4-3-5-10-29/h21H,3-20H2,1-2H3,(H,24,25). The van der Waals surface area contributed by atoms with Gasteiger partial charge in [0.15, 0.2) is 5.96 Å². The molecule has 1 atom stereocenters. The van der Waals surface area contributed by atoms with Crippen molar-refractivity contribution >= 4 is 5.96 Å². The van der Waals surface area contributed by atoms with Crippen LogP contribution in [0.4, 0.5) is 0 Å². The van der Waals surface area contributed by atoms with Gasteiger partial charge in [0.05, 0.1) is 13.2 Å². The van der Waals surface area contributed by atoms with Crippen LogP contribution in [0.5, 0.6) is 0 Å². The third-order valence-corrected chi connectivity index (χ3v) is 7.94. The number of hydrogen-bond donors (Lipinski definition) is 1. The van der Waals surface area contributed by atoms with Crippen molar-refractivity contribution in [1.29, 1.82) is 0 Å². The summed E-state index contributed by atoms with van der Waals surface area (Å²) in [6.45, 7) is 13.5. The van der Waals surface area contributed by atoms with E-state index in [1.807, 2.05) is 7.05 Å². The summed E-state index contributed by atoms with van der Waals surface area (Å²) in [4.78, 5) is 15.1. The number of likely N-dealkylation sites (tertiary alicyclic amines) is 3. The summed E-state index contributed by atoms with van der Waals surface area (Å²) in [5, 5.41) is 3.84. The molecule has 4 rings (SSSR count). The van der Waals surface area contributed by atoms with Gasteiger partial charge in [-0.05, 0) is 71.2 Å². The second-order valence-electron chi connectivity index (χ2n) is 9.99. The molecule has 0 aromatic rings. The Morgan fingerprint density at radius 1 is 1.00 bits per heavy atom. The first-order valence-corrected chi connectivity index (χ1v) is 12.4. The number of guanidine groups is 1. The van der Waals surface area contributed by atoms with Crippen LogP contribution in [0.2, 0.25) is 0 Å². The van der Waals surface area contributed by atoms with Gasteiger partial charge in [-0.15, -0.1) is 0 Å². The van der Waals surface area contributed by atoms with Gasteiger partial charge in [-0.25, -0.2) is 0 Å². The highest BCUT2D eigenvalue weighted by molar-refractivity contribution is 5.80. The summed E-state index contributed by atoms with van der Waals surface area (Å²) in [7, 11) is 4.23. The maximum Gasteiger partial charge on any atom is 0.193 e. The van der Waals surface area contributed by atoms with Crippen LogP contribution >= 0.6 is 0 Å². The Bertz CT molecular complexity index is 550. The fraction of sp³-hybridized carbons (Fsp3) is 0.957. The van der Waals surface area contributed by atoms with E-state index in [1.54, 1.807) is 0 Å². The predicted octanol–water partition coefficient (Wildman–Crippen LogP) is 1.17. The molecule has 4 fully saturated rings. The zero-order valence-corrected chi connectivity index (χ0v) is 19.4. The molecular weight excluding hydrogens is 376 g/mol. The molecule has 7 heteroatoms. The Morgan fingerprint density at radius 3 is 2.43 bits per heavy atom. The van der Waals surface area contributed by atoms with Gasteiger partial charge < -0.3 is 19.9 Å². The molecule has 1 unspecified atom stereocenters. The third kappa shape index (κ3) is 5.47. The number of nitrogens with zero attached hydrogens (tertiary/aromatic N) is 5. The first-order valence-electron chi connectivity index (χ1n) is 12.4. The summed E-state index contributed by atoms with van der Waals surface area (Å²) >= 11 is 0. The van der Waals surface area contributed by atoms with Gasteiger partial charge in [-0.1, -0.05) is 6.42 Å². The topological polar surface area (TPSA) is 46.6 Å². The van der Waals surface area contributed by atoms with E-state index < -0.39 is 0 Å². The molecule has 4 heterocycles. The first kappa shape index (κ1) is 22.3. The van der Waals surface area contributed by atoms with Crippen molar-refractivity contribution < 1.29 is 4.74 Å². The number of rotatable bonds is 5. The third-order valence-electron chi connectivity index (χ3n) is 7.94. The number of hydrogen-bond acceptors (Lipinski definition) is 5. The number of morpholine rings is 1. The average molecular weight is 421 g/mol. The van der Waals surface area contributed by atoms with E-state index in [0.717, 1.165) is 57.8 Å². The highest BCUT2D eigenvalue weighted by Gasteiger charge is 2.40. The molecule has 1 N–H and O–H groups in total. The largest absolute Gasteiger partial charge is 0.379 e. The number of ether oxygens (including phenoxy) is 1. The average Bonchev–Trinajstić information content (AvgIpc) is 3.25. The fourth-order valence-electron chi connectivity index (χ4n) is 5.91. The Hall–Kier alpha value is -0.890. The molecule has 0 aliphatic carbocycles. The second-order valence-corrected chi connectivity index (χ2v) is 9.99. The zero-order chi connectivity index (χ0) is 20.8. The lowest BCUT2D eigenvalue weighted by molar-refractivity contribution is 0.0169. The van der Waals surface area contributed by atoms with Crippen LogP contribution in [0, 0.1) is 5.92 Å². The summed E-state index contributed by atoms with van der Waals surface area (Å²) in [6, 6.07) is 0. The van der Waals surface area contributed by atoms with E-state index in [9.17, 15) is 0 Å². The molecule has 7 nitrogen and oxygen atoms in total. The molecule has 0 bridgehead atoms. The van der Waals surface area contributed by atoms with Crippen molar-refractivity contribution in [3.8, 4) is 0 Å². The van der Waals surface area contributed by atoms with Gasteiger partial charge in [-0.2, -0.15) is 0 Å². The molecule has 0 saturated carbocycles. The molecule has 0 radical (unpaired) electrons. The number of aliphatic imine (C=N–C) groups is 1. The van der Waals surface area contributed by atoms with Crippen LogP contribution in [-0.4, -0.2) is 124 Å². The van der Waals surface area contributed by atoms with Gasteiger partial charge in [0.25, 0.3) is 0 Å². The lowest BCUT2D eigenvalue weighted by Gasteiger charge is -2.50. The van der Waals surface area contributed by atoms with E-state index in [-0.39, 0.29) is 0 Å². The fourth-order valence-corrected chi connectivity index (χ4v) is 5.91. The van der Waals surface area contributed by atoms with Crippen molar-refractivity contribution in [2.45, 2.75) is 44.1 Å². The highest BCUT2D eigenvalue weighted by atomic mass is 16.5. The van der Waals surface area contributed by atoms with E-state index in [4.69, 9.17) is 9.73 Å². The molecule has 0 aromatic carbocycles. The van der Waals surface area contributed by atoms with E-state index >= 15 is 0 Å². The Balaban J connectivity index is 1.32. The Morgan fingerprint density at radius 2 is 1.73 bits per heavy atom. The van der Waals surface area contributed by atoms with Crippen molar-refractivity contribution in [1.82, 2.24) is 24.9 Å². The molecule has 4 saturated heterocycles. The van der Waals surface area contributed by atoms with Crippen LogP contribution in [-0.2, 0) is 4.74 Å². The Kier molecular flexibility index (Phi) is 7.90.